The molecule has 4 nitrogen and oxygen atoms in total. The molecule has 0 bridgehead atoms. The molecule has 2 aromatic rings. The van der Waals surface area contributed by atoms with Gasteiger partial charge in [-0.25, -0.2) is 8.78 Å². The summed E-state index contributed by atoms with van der Waals surface area (Å²) in [5, 5.41) is 4.13. The fourth-order valence-corrected chi connectivity index (χ4v) is 2.02. The maximum atomic E-state index is 13.6. The molecule has 0 saturated carbocycles. The molecule has 1 unspecified atom stereocenters. The van der Waals surface area contributed by atoms with Gasteiger partial charge in [0, 0.05) is 24.4 Å². The molecule has 0 amide bonds. The van der Waals surface area contributed by atoms with Gasteiger partial charge in [0.05, 0.1) is 12.2 Å². The topological polar surface area (TPSA) is 55.9 Å². The third-order valence-electron chi connectivity index (χ3n) is 3.29. The highest BCUT2D eigenvalue weighted by molar-refractivity contribution is 5.26. The summed E-state index contributed by atoms with van der Waals surface area (Å²) in [6, 6.07) is 3.27. The monoisotopic (exact) mass is 266 g/mol. The summed E-state index contributed by atoms with van der Waals surface area (Å²) in [4.78, 5) is 0. The van der Waals surface area contributed by atoms with Gasteiger partial charge in [0.1, 0.15) is 11.6 Å². The van der Waals surface area contributed by atoms with E-state index >= 15 is 0 Å². The lowest BCUT2D eigenvalue weighted by molar-refractivity contribution is 0.519. The first kappa shape index (κ1) is 13.6. The molecule has 1 heterocycles. The van der Waals surface area contributed by atoms with Crippen molar-refractivity contribution in [1.82, 2.24) is 15.2 Å². The number of nitrogens with two attached hydrogens (primary N) is 1. The van der Waals surface area contributed by atoms with Crippen LogP contribution < -0.4 is 11.3 Å². The summed E-state index contributed by atoms with van der Waals surface area (Å²) < 4.78 is 28.2. The number of aryl methyl sites for hydroxylation is 1. The van der Waals surface area contributed by atoms with E-state index in [1.807, 2.05) is 14.0 Å². The molecule has 0 aliphatic heterocycles. The number of hydrogen-bond acceptors (Lipinski definition) is 3. The van der Waals surface area contributed by atoms with E-state index in [0.717, 1.165) is 17.3 Å². The number of halogens is 2. The van der Waals surface area contributed by atoms with E-state index in [9.17, 15) is 8.78 Å². The Hall–Kier alpha value is -1.79. The average Bonchev–Trinajstić information content (AvgIpc) is 2.70. The number of hydrogen-bond donors (Lipinski definition) is 2. The molecule has 1 aromatic heterocycles. The lowest BCUT2D eigenvalue weighted by atomic mass is 9.99. The van der Waals surface area contributed by atoms with E-state index < -0.39 is 11.6 Å². The van der Waals surface area contributed by atoms with E-state index in [4.69, 9.17) is 5.84 Å². The number of aromatic nitrogens is 2. The van der Waals surface area contributed by atoms with Gasteiger partial charge >= 0.3 is 0 Å². The molecule has 1 atom stereocenters. The van der Waals surface area contributed by atoms with Crippen LogP contribution in [0.25, 0.3) is 0 Å². The number of nitrogens with one attached hydrogen (secondary N) is 1. The lowest BCUT2D eigenvalue weighted by Gasteiger charge is -2.16. The first-order valence-corrected chi connectivity index (χ1v) is 5.91. The highest BCUT2D eigenvalue weighted by Crippen LogP contribution is 2.22. The van der Waals surface area contributed by atoms with Crippen molar-refractivity contribution in [3.63, 3.8) is 0 Å². The number of rotatable bonds is 4. The Labute approximate surface area is 110 Å². The highest BCUT2D eigenvalue weighted by Gasteiger charge is 2.17. The zero-order valence-corrected chi connectivity index (χ0v) is 10.8. The van der Waals surface area contributed by atoms with Gasteiger partial charge in [-0.2, -0.15) is 5.10 Å². The number of benzene rings is 1. The number of hydrazine groups is 1. The van der Waals surface area contributed by atoms with Gasteiger partial charge in [0.2, 0.25) is 0 Å². The molecule has 3 N–H and O–H groups in total. The zero-order chi connectivity index (χ0) is 14.0. The fourth-order valence-electron chi connectivity index (χ4n) is 2.02. The third kappa shape index (κ3) is 2.80. The summed E-state index contributed by atoms with van der Waals surface area (Å²) in [7, 11) is 1.82. The van der Waals surface area contributed by atoms with E-state index in [1.54, 1.807) is 10.9 Å². The summed E-state index contributed by atoms with van der Waals surface area (Å²) in [5.74, 6) is 4.37. The Morgan fingerprint density at radius 2 is 2.16 bits per heavy atom. The molecule has 102 valence electrons. The standard InChI is InChI=1S/C13H16F2N4/c1-8-11(7-17-19(8)2)13(18-16)5-9-3-4-10(14)6-12(9)15/h3-4,6-7,13,18H,5,16H2,1-2H3. The lowest BCUT2D eigenvalue weighted by Crippen LogP contribution is -2.30. The van der Waals surface area contributed by atoms with Crippen LogP contribution in [0.1, 0.15) is 22.9 Å². The minimum absolute atomic E-state index is 0.270. The Bertz CT molecular complexity index is 580. The normalized spacial score (nSPS) is 12.7. The first-order chi connectivity index (χ1) is 9.02. The second-order valence-electron chi connectivity index (χ2n) is 4.47. The van der Waals surface area contributed by atoms with Crippen molar-refractivity contribution in [2.45, 2.75) is 19.4 Å². The molecule has 0 fully saturated rings. The second kappa shape index (κ2) is 5.46. The van der Waals surface area contributed by atoms with Gasteiger partial charge in [-0.3, -0.25) is 16.0 Å². The van der Waals surface area contributed by atoms with Gasteiger partial charge in [0.15, 0.2) is 0 Å². The van der Waals surface area contributed by atoms with Crippen LogP contribution in [0.2, 0.25) is 0 Å². The fraction of sp³-hybridized carbons (Fsp3) is 0.308. The summed E-state index contributed by atoms with van der Waals surface area (Å²) >= 11 is 0. The minimum Gasteiger partial charge on any atom is -0.273 e. The van der Waals surface area contributed by atoms with E-state index in [1.165, 1.54) is 12.1 Å². The molecule has 0 radical (unpaired) electrons. The van der Waals surface area contributed by atoms with Crippen LogP contribution in [0, 0.1) is 18.6 Å². The quantitative estimate of drug-likeness (QED) is 0.655. The van der Waals surface area contributed by atoms with Gasteiger partial charge in [0.25, 0.3) is 0 Å². The van der Waals surface area contributed by atoms with Gasteiger partial charge in [-0.15, -0.1) is 0 Å². The molecule has 6 heteroatoms. The third-order valence-corrected chi connectivity index (χ3v) is 3.29. The molecule has 0 saturated heterocycles. The van der Waals surface area contributed by atoms with E-state index in [-0.39, 0.29) is 6.04 Å². The maximum Gasteiger partial charge on any atom is 0.129 e. The van der Waals surface area contributed by atoms with Crippen molar-refractivity contribution in [1.29, 1.82) is 0 Å². The van der Waals surface area contributed by atoms with Crippen molar-refractivity contribution >= 4 is 0 Å². The molecule has 1 aromatic carbocycles. The van der Waals surface area contributed by atoms with Crippen LogP contribution in [-0.4, -0.2) is 9.78 Å². The molecule has 2 rings (SSSR count). The minimum atomic E-state index is -0.587. The van der Waals surface area contributed by atoms with Crippen LogP contribution >= 0.6 is 0 Å². The van der Waals surface area contributed by atoms with Crippen LogP contribution in [0.3, 0.4) is 0 Å². The molecule has 19 heavy (non-hydrogen) atoms. The number of nitrogens with zero attached hydrogens (tertiary/aromatic N) is 2. The molecular formula is C13H16F2N4. The van der Waals surface area contributed by atoms with E-state index in [0.29, 0.717) is 12.0 Å². The van der Waals surface area contributed by atoms with Crippen molar-refractivity contribution < 1.29 is 8.78 Å². The van der Waals surface area contributed by atoms with Crippen LogP contribution in [0.15, 0.2) is 24.4 Å². The van der Waals surface area contributed by atoms with Crippen molar-refractivity contribution in [3.8, 4) is 0 Å². The van der Waals surface area contributed by atoms with Crippen molar-refractivity contribution in [2.24, 2.45) is 12.9 Å². The summed E-state index contributed by atoms with van der Waals surface area (Å²) in [5.41, 5.74) is 4.91. The van der Waals surface area contributed by atoms with Crippen LogP contribution in [0.5, 0.6) is 0 Å². The zero-order valence-electron chi connectivity index (χ0n) is 10.8. The predicted octanol–water partition coefficient (Wildman–Crippen LogP) is 1.75. The highest BCUT2D eigenvalue weighted by atomic mass is 19.1. The van der Waals surface area contributed by atoms with Gasteiger partial charge < -0.3 is 0 Å². The van der Waals surface area contributed by atoms with Gasteiger partial charge in [-0.1, -0.05) is 6.07 Å². The molecular weight excluding hydrogens is 250 g/mol. The Kier molecular flexibility index (Phi) is 3.92. The smallest absolute Gasteiger partial charge is 0.129 e. The Morgan fingerprint density at radius 1 is 1.42 bits per heavy atom. The van der Waals surface area contributed by atoms with E-state index in [2.05, 4.69) is 10.5 Å². The van der Waals surface area contributed by atoms with Crippen LogP contribution in [0.4, 0.5) is 8.78 Å². The summed E-state index contributed by atoms with van der Waals surface area (Å²) in [6.07, 6.45) is 2.02. The summed E-state index contributed by atoms with van der Waals surface area (Å²) in [6.45, 7) is 1.91. The Balaban J connectivity index is 2.26. The molecule has 0 spiro atoms. The van der Waals surface area contributed by atoms with Crippen LogP contribution in [-0.2, 0) is 13.5 Å². The largest absolute Gasteiger partial charge is 0.273 e. The second-order valence-corrected chi connectivity index (χ2v) is 4.47. The van der Waals surface area contributed by atoms with Crippen molar-refractivity contribution in [2.75, 3.05) is 0 Å². The molecule has 0 aliphatic carbocycles. The maximum absolute atomic E-state index is 13.6. The van der Waals surface area contributed by atoms with Gasteiger partial charge in [-0.05, 0) is 25.0 Å². The van der Waals surface area contributed by atoms with Crippen molar-refractivity contribution in [3.05, 3.63) is 52.9 Å². The average molecular weight is 266 g/mol. The SMILES string of the molecule is Cc1c(C(Cc2ccc(F)cc2F)NN)cnn1C. The predicted molar refractivity (Wildman–Crippen MR) is 68.1 cm³/mol. The Morgan fingerprint density at radius 3 is 2.68 bits per heavy atom. The first-order valence-electron chi connectivity index (χ1n) is 5.91. The molecule has 0 aliphatic rings.